The van der Waals surface area contributed by atoms with Gasteiger partial charge in [-0.2, -0.15) is 5.10 Å². The van der Waals surface area contributed by atoms with Crippen LogP contribution in [-0.4, -0.2) is 24.1 Å². The Hall–Kier alpha value is -3.04. The Kier molecular flexibility index (Phi) is 4.83. The van der Waals surface area contributed by atoms with Crippen LogP contribution in [0.5, 0.6) is 0 Å². The Morgan fingerprint density at radius 1 is 1.04 bits per heavy atom. The molecule has 0 unspecified atom stereocenters. The summed E-state index contributed by atoms with van der Waals surface area (Å²) in [6.07, 6.45) is 0. The molecular formula is C17H16N4O4S. The van der Waals surface area contributed by atoms with Crippen LogP contribution in [0.15, 0.2) is 59.4 Å². The number of carbonyl (C=O) groups excluding carboxylic acids is 1. The Morgan fingerprint density at radius 3 is 2.35 bits per heavy atom. The van der Waals surface area contributed by atoms with Gasteiger partial charge in [-0.1, -0.05) is 48.5 Å². The highest BCUT2D eigenvalue weighted by atomic mass is 32.2. The number of hydrazine groups is 1. The number of nitrogens with one attached hydrogen (secondary N) is 2. The molecule has 9 heteroatoms. The van der Waals surface area contributed by atoms with Crippen molar-refractivity contribution in [3.05, 3.63) is 76.2 Å². The molecule has 134 valence electrons. The maximum Gasteiger partial charge on any atom is 0.287 e. The second-order valence-corrected chi connectivity index (χ2v) is 7.35. The van der Waals surface area contributed by atoms with Gasteiger partial charge >= 0.3 is 0 Å². The molecule has 2 aromatic carbocycles. The number of hydrogen-bond acceptors (Lipinski definition) is 5. The summed E-state index contributed by atoms with van der Waals surface area (Å²) >= 11 is 0. The molecule has 1 aromatic heterocycles. The monoisotopic (exact) mass is 372 g/mol. The van der Waals surface area contributed by atoms with Crippen LogP contribution in [0.4, 0.5) is 0 Å². The average molecular weight is 372 g/mol. The molecule has 1 heterocycles. The van der Waals surface area contributed by atoms with E-state index in [9.17, 15) is 18.0 Å². The number of sulfonamides is 1. The van der Waals surface area contributed by atoms with Crippen molar-refractivity contribution in [2.24, 2.45) is 7.05 Å². The Morgan fingerprint density at radius 2 is 1.65 bits per heavy atom. The van der Waals surface area contributed by atoms with E-state index < -0.39 is 15.9 Å². The second kappa shape index (κ2) is 7.06. The third-order valence-corrected chi connectivity index (χ3v) is 4.82. The number of amides is 1. The summed E-state index contributed by atoms with van der Waals surface area (Å²) in [7, 11) is -2.37. The molecule has 3 rings (SSSR count). The zero-order valence-corrected chi connectivity index (χ0v) is 14.7. The van der Waals surface area contributed by atoms with E-state index in [1.165, 1.54) is 7.05 Å². The molecule has 0 atom stereocenters. The topological polar surface area (TPSA) is 110 Å². The van der Waals surface area contributed by atoms with Crippen LogP contribution in [0.1, 0.15) is 16.1 Å². The molecule has 0 aliphatic carbocycles. The predicted molar refractivity (Wildman–Crippen MR) is 96.7 cm³/mol. The fourth-order valence-electron chi connectivity index (χ4n) is 2.48. The lowest BCUT2D eigenvalue weighted by atomic mass is 10.1. The molecule has 1 amide bonds. The number of nitrogens with zero attached hydrogens (tertiary/aromatic N) is 2. The number of hydrogen-bond donors (Lipinski definition) is 2. The van der Waals surface area contributed by atoms with Crippen LogP contribution < -0.4 is 15.8 Å². The van der Waals surface area contributed by atoms with Crippen molar-refractivity contribution in [2.45, 2.75) is 5.75 Å². The highest BCUT2D eigenvalue weighted by molar-refractivity contribution is 7.88. The van der Waals surface area contributed by atoms with Crippen LogP contribution in [0.25, 0.3) is 10.8 Å². The van der Waals surface area contributed by atoms with E-state index in [0.29, 0.717) is 16.3 Å². The van der Waals surface area contributed by atoms with Gasteiger partial charge in [-0.3, -0.25) is 15.0 Å². The second-order valence-electron chi connectivity index (χ2n) is 5.62. The fraction of sp³-hybridized carbons (Fsp3) is 0.118. The molecule has 0 fully saturated rings. The Labute approximate surface area is 149 Å². The maximum absolute atomic E-state index is 12.4. The lowest BCUT2D eigenvalue weighted by Crippen LogP contribution is -2.43. The van der Waals surface area contributed by atoms with Gasteiger partial charge < -0.3 is 0 Å². The first-order valence-electron chi connectivity index (χ1n) is 7.67. The van der Waals surface area contributed by atoms with Gasteiger partial charge in [-0.15, -0.1) is 4.83 Å². The van der Waals surface area contributed by atoms with Crippen LogP contribution >= 0.6 is 0 Å². The minimum absolute atomic E-state index is 0.0508. The first-order valence-corrected chi connectivity index (χ1v) is 9.32. The number of benzene rings is 2. The summed E-state index contributed by atoms with van der Waals surface area (Å²) < 4.78 is 25.3. The quantitative estimate of drug-likeness (QED) is 0.641. The van der Waals surface area contributed by atoms with Crippen molar-refractivity contribution in [1.29, 1.82) is 0 Å². The smallest absolute Gasteiger partial charge is 0.272 e. The van der Waals surface area contributed by atoms with Crippen molar-refractivity contribution < 1.29 is 13.2 Å². The first-order chi connectivity index (χ1) is 12.4. The molecule has 0 radical (unpaired) electrons. The van der Waals surface area contributed by atoms with Gasteiger partial charge in [0.25, 0.3) is 11.5 Å². The van der Waals surface area contributed by atoms with Gasteiger partial charge in [0, 0.05) is 12.4 Å². The van der Waals surface area contributed by atoms with E-state index in [1.54, 1.807) is 54.6 Å². The molecule has 0 aliphatic heterocycles. The van der Waals surface area contributed by atoms with Crippen LogP contribution in [-0.2, 0) is 22.8 Å². The van der Waals surface area contributed by atoms with Gasteiger partial charge in [0.2, 0.25) is 10.0 Å². The van der Waals surface area contributed by atoms with Gasteiger partial charge in [0.05, 0.1) is 11.1 Å². The number of carbonyl (C=O) groups is 1. The van der Waals surface area contributed by atoms with Crippen molar-refractivity contribution in [3.63, 3.8) is 0 Å². The van der Waals surface area contributed by atoms with E-state index in [-0.39, 0.29) is 17.0 Å². The zero-order valence-electron chi connectivity index (χ0n) is 13.8. The molecule has 3 aromatic rings. The van der Waals surface area contributed by atoms with Gasteiger partial charge in [0.15, 0.2) is 5.69 Å². The molecular weight excluding hydrogens is 356 g/mol. The van der Waals surface area contributed by atoms with Crippen LogP contribution in [0, 0.1) is 0 Å². The third-order valence-electron chi connectivity index (χ3n) is 3.69. The summed E-state index contributed by atoms with van der Waals surface area (Å²) in [5.74, 6) is -1.04. The van der Waals surface area contributed by atoms with Crippen LogP contribution in [0.3, 0.4) is 0 Å². The minimum Gasteiger partial charge on any atom is -0.272 e. The van der Waals surface area contributed by atoms with E-state index in [0.717, 1.165) is 4.68 Å². The summed E-state index contributed by atoms with van der Waals surface area (Å²) in [6, 6.07) is 15.1. The van der Waals surface area contributed by atoms with Crippen LogP contribution in [0.2, 0.25) is 0 Å². The molecule has 0 aliphatic rings. The molecule has 8 nitrogen and oxygen atoms in total. The average Bonchev–Trinajstić information content (AvgIpc) is 2.63. The molecule has 2 N–H and O–H groups in total. The molecule has 0 saturated carbocycles. The number of aryl methyl sites for hydroxylation is 1. The standard InChI is InChI=1S/C17H16N4O4S/c1-21-17(23)14-10-6-5-9-13(14)15(19-21)16(22)18-20-26(24,25)11-12-7-3-2-4-8-12/h2-10,20H,11H2,1H3,(H,18,22). The largest absolute Gasteiger partial charge is 0.287 e. The Bertz CT molecular complexity index is 1120. The minimum atomic E-state index is -3.79. The lowest BCUT2D eigenvalue weighted by Gasteiger charge is -2.10. The predicted octanol–water partition coefficient (Wildman–Crippen LogP) is 0.698. The molecule has 26 heavy (non-hydrogen) atoms. The summed E-state index contributed by atoms with van der Waals surface area (Å²) in [4.78, 5) is 26.5. The first kappa shape index (κ1) is 17.8. The van der Waals surface area contributed by atoms with Gasteiger partial charge in [-0.25, -0.2) is 13.1 Å². The van der Waals surface area contributed by atoms with E-state index in [2.05, 4.69) is 10.5 Å². The Balaban J connectivity index is 1.82. The number of rotatable bonds is 5. The SMILES string of the molecule is Cn1nc(C(=O)NNS(=O)(=O)Cc2ccccc2)c2ccccc2c1=O. The van der Waals surface area contributed by atoms with Crippen molar-refractivity contribution >= 4 is 26.7 Å². The normalized spacial score (nSPS) is 11.4. The highest BCUT2D eigenvalue weighted by Crippen LogP contribution is 2.12. The summed E-state index contributed by atoms with van der Waals surface area (Å²) in [5.41, 5.74) is 2.33. The molecule has 0 saturated heterocycles. The summed E-state index contributed by atoms with van der Waals surface area (Å²) in [5, 5.41) is 4.61. The highest BCUT2D eigenvalue weighted by Gasteiger charge is 2.18. The van der Waals surface area contributed by atoms with Gasteiger partial charge in [-0.05, 0) is 11.6 Å². The summed E-state index contributed by atoms with van der Waals surface area (Å²) in [6.45, 7) is 0. The lowest BCUT2D eigenvalue weighted by molar-refractivity contribution is 0.0939. The molecule has 0 bridgehead atoms. The number of aromatic nitrogens is 2. The number of fused-ring (bicyclic) bond motifs is 1. The van der Waals surface area contributed by atoms with E-state index in [4.69, 9.17) is 0 Å². The zero-order chi connectivity index (χ0) is 18.7. The van der Waals surface area contributed by atoms with Crippen molar-refractivity contribution in [2.75, 3.05) is 0 Å². The van der Waals surface area contributed by atoms with Gasteiger partial charge in [0.1, 0.15) is 0 Å². The fourth-order valence-corrected chi connectivity index (χ4v) is 3.43. The third kappa shape index (κ3) is 3.79. The van der Waals surface area contributed by atoms with Crippen molar-refractivity contribution in [1.82, 2.24) is 20.0 Å². The van der Waals surface area contributed by atoms with E-state index >= 15 is 0 Å². The van der Waals surface area contributed by atoms with Crippen molar-refractivity contribution in [3.8, 4) is 0 Å². The van der Waals surface area contributed by atoms with E-state index in [1.807, 2.05) is 4.83 Å². The molecule has 0 spiro atoms. The maximum atomic E-state index is 12.4.